The average Bonchev–Trinajstić information content (AvgIpc) is 2.89. The minimum atomic E-state index is -0.00153. The van der Waals surface area contributed by atoms with Crippen molar-refractivity contribution >= 4 is 17.2 Å². The molecule has 1 N–H and O–H groups in total. The van der Waals surface area contributed by atoms with Gasteiger partial charge < -0.3 is 5.32 Å². The quantitative estimate of drug-likeness (QED) is 0.894. The summed E-state index contributed by atoms with van der Waals surface area (Å²) in [6, 6.07) is 4.51. The Bertz CT molecular complexity index is 486. The number of hydrogen-bond acceptors (Lipinski definition) is 2. The summed E-state index contributed by atoms with van der Waals surface area (Å²) in [6.45, 7) is 2.15. The van der Waals surface area contributed by atoms with E-state index in [1.165, 1.54) is 24.1 Å². The minimum Gasteiger partial charge on any atom is -0.353 e. The first-order valence-corrected chi connectivity index (χ1v) is 9.34. The van der Waals surface area contributed by atoms with Crippen LogP contribution in [0.25, 0.3) is 0 Å². The average molecular weight is 303 g/mol. The highest BCUT2D eigenvalue weighted by molar-refractivity contribution is 7.09. The number of thiophene rings is 1. The Morgan fingerprint density at radius 1 is 1.29 bits per heavy atom. The lowest BCUT2D eigenvalue weighted by atomic mass is 9.49. The van der Waals surface area contributed by atoms with Gasteiger partial charge in [0, 0.05) is 22.8 Å². The normalized spacial score (nSPS) is 38.4. The summed E-state index contributed by atoms with van der Waals surface area (Å²) in [7, 11) is 0. The van der Waals surface area contributed by atoms with Gasteiger partial charge in [-0.2, -0.15) is 0 Å². The van der Waals surface area contributed by atoms with E-state index in [2.05, 4.69) is 29.8 Å². The Hall–Kier alpha value is -0.830. The second-order valence-corrected chi connectivity index (χ2v) is 8.89. The number of nitrogens with one attached hydrogen (secondary N) is 1. The molecule has 1 amide bonds. The van der Waals surface area contributed by atoms with E-state index in [0.29, 0.717) is 5.91 Å². The van der Waals surface area contributed by atoms with Crippen molar-refractivity contribution in [2.45, 2.75) is 57.9 Å². The van der Waals surface area contributed by atoms with Gasteiger partial charge in [0.25, 0.3) is 0 Å². The van der Waals surface area contributed by atoms with Crippen molar-refractivity contribution in [3.63, 3.8) is 0 Å². The van der Waals surface area contributed by atoms with Gasteiger partial charge in [0.15, 0.2) is 0 Å². The molecule has 2 nitrogen and oxygen atoms in total. The Labute approximate surface area is 131 Å². The zero-order chi connectivity index (χ0) is 14.4. The van der Waals surface area contributed by atoms with Crippen LogP contribution in [-0.2, 0) is 11.2 Å². The summed E-state index contributed by atoms with van der Waals surface area (Å²) in [4.78, 5) is 14.3. The molecule has 4 aliphatic rings. The summed E-state index contributed by atoms with van der Waals surface area (Å²) in [6.07, 6.45) is 8.66. The van der Waals surface area contributed by atoms with E-state index >= 15 is 0 Å². The molecule has 1 aromatic rings. The van der Waals surface area contributed by atoms with Gasteiger partial charge in [-0.1, -0.05) is 6.07 Å². The van der Waals surface area contributed by atoms with Crippen LogP contribution < -0.4 is 5.32 Å². The zero-order valence-corrected chi connectivity index (χ0v) is 13.6. The van der Waals surface area contributed by atoms with E-state index < -0.39 is 0 Å². The van der Waals surface area contributed by atoms with E-state index in [-0.39, 0.29) is 11.5 Å². The number of rotatable bonds is 4. The highest BCUT2D eigenvalue weighted by Gasteiger charge is 2.54. The van der Waals surface area contributed by atoms with Crippen molar-refractivity contribution in [1.82, 2.24) is 5.32 Å². The van der Waals surface area contributed by atoms with E-state index in [1.54, 1.807) is 11.3 Å². The van der Waals surface area contributed by atoms with Crippen LogP contribution in [0.5, 0.6) is 0 Å². The highest BCUT2D eigenvalue weighted by atomic mass is 32.1. The Kier molecular flexibility index (Phi) is 3.36. The first kappa shape index (κ1) is 13.8. The van der Waals surface area contributed by atoms with Crippen LogP contribution in [0.2, 0.25) is 0 Å². The van der Waals surface area contributed by atoms with Gasteiger partial charge >= 0.3 is 0 Å². The maximum absolute atomic E-state index is 12.9. The first-order valence-electron chi connectivity index (χ1n) is 8.46. The topological polar surface area (TPSA) is 29.1 Å². The molecular formula is C18H25NOS. The van der Waals surface area contributed by atoms with Gasteiger partial charge in [-0.25, -0.2) is 0 Å². The fraction of sp³-hybridized carbons (Fsp3) is 0.722. The summed E-state index contributed by atoms with van der Waals surface area (Å²) >= 11 is 1.79. The van der Waals surface area contributed by atoms with Crippen molar-refractivity contribution in [2.75, 3.05) is 0 Å². The molecule has 4 fully saturated rings. The maximum atomic E-state index is 12.9. The van der Waals surface area contributed by atoms with E-state index in [1.807, 2.05) is 0 Å². The molecule has 0 aromatic carbocycles. The number of amides is 1. The van der Waals surface area contributed by atoms with Crippen molar-refractivity contribution in [3.8, 4) is 0 Å². The summed E-state index contributed by atoms with van der Waals surface area (Å²) in [5, 5.41) is 5.46. The van der Waals surface area contributed by atoms with Gasteiger partial charge in [-0.15, -0.1) is 11.3 Å². The van der Waals surface area contributed by atoms with Crippen LogP contribution in [0.4, 0.5) is 0 Å². The monoisotopic (exact) mass is 303 g/mol. The first-order chi connectivity index (χ1) is 10.1. The Balaban J connectivity index is 1.42. The van der Waals surface area contributed by atoms with E-state index in [9.17, 15) is 4.79 Å². The molecule has 4 aliphatic carbocycles. The predicted octanol–water partition coefficient (Wildman–Crippen LogP) is 4.01. The standard InChI is InChI=1S/C18H25NOS/c1-12(5-16-3-2-4-21-16)19-17(20)18-9-13-6-14(10-18)8-15(7-13)11-18/h2-4,12-15H,5-11H2,1H3,(H,19,20). The Morgan fingerprint density at radius 2 is 1.90 bits per heavy atom. The van der Waals surface area contributed by atoms with Crippen LogP contribution in [0.15, 0.2) is 17.5 Å². The molecule has 1 unspecified atom stereocenters. The van der Waals surface area contributed by atoms with E-state index in [4.69, 9.17) is 0 Å². The van der Waals surface area contributed by atoms with Gasteiger partial charge in [0.1, 0.15) is 0 Å². The largest absolute Gasteiger partial charge is 0.353 e. The number of hydrogen-bond donors (Lipinski definition) is 1. The SMILES string of the molecule is CC(Cc1cccs1)NC(=O)C12CC3CC(CC(C3)C1)C2. The van der Waals surface area contributed by atoms with Gasteiger partial charge in [0.05, 0.1) is 0 Å². The number of carbonyl (C=O) groups excluding carboxylic acids is 1. The molecule has 21 heavy (non-hydrogen) atoms. The third-order valence-corrected chi connectivity index (χ3v) is 6.88. The second-order valence-electron chi connectivity index (χ2n) is 7.86. The van der Waals surface area contributed by atoms with Crippen molar-refractivity contribution in [3.05, 3.63) is 22.4 Å². The van der Waals surface area contributed by atoms with Gasteiger partial charge in [-0.3, -0.25) is 4.79 Å². The van der Waals surface area contributed by atoms with Crippen LogP contribution in [0.3, 0.4) is 0 Å². The van der Waals surface area contributed by atoms with Gasteiger partial charge in [-0.05, 0) is 74.6 Å². The molecule has 1 heterocycles. The summed E-state index contributed by atoms with van der Waals surface area (Å²) < 4.78 is 0. The van der Waals surface area contributed by atoms with Crippen LogP contribution in [0.1, 0.15) is 50.3 Å². The van der Waals surface area contributed by atoms with Crippen LogP contribution in [0, 0.1) is 23.2 Å². The molecule has 0 aliphatic heterocycles. The fourth-order valence-electron chi connectivity index (χ4n) is 5.55. The third kappa shape index (κ3) is 2.54. The molecule has 1 aromatic heterocycles. The highest BCUT2D eigenvalue weighted by Crippen LogP contribution is 2.60. The fourth-order valence-corrected chi connectivity index (χ4v) is 6.38. The molecule has 3 heteroatoms. The Morgan fingerprint density at radius 3 is 2.43 bits per heavy atom. The molecule has 0 spiro atoms. The van der Waals surface area contributed by atoms with Crippen molar-refractivity contribution < 1.29 is 4.79 Å². The molecule has 5 rings (SSSR count). The molecule has 4 bridgehead atoms. The van der Waals surface area contributed by atoms with Crippen LogP contribution in [-0.4, -0.2) is 11.9 Å². The second kappa shape index (κ2) is 5.12. The van der Waals surface area contributed by atoms with Crippen molar-refractivity contribution in [1.29, 1.82) is 0 Å². The van der Waals surface area contributed by atoms with Crippen molar-refractivity contribution in [2.24, 2.45) is 23.2 Å². The zero-order valence-electron chi connectivity index (χ0n) is 12.8. The summed E-state index contributed by atoms with van der Waals surface area (Å²) in [5.74, 6) is 2.89. The predicted molar refractivity (Wildman–Crippen MR) is 86.2 cm³/mol. The van der Waals surface area contributed by atoms with Gasteiger partial charge in [0.2, 0.25) is 5.91 Å². The summed E-state index contributed by atoms with van der Waals surface area (Å²) in [5.41, 5.74) is -0.00153. The molecule has 114 valence electrons. The molecule has 4 saturated carbocycles. The van der Waals surface area contributed by atoms with E-state index in [0.717, 1.165) is 43.4 Å². The smallest absolute Gasteiger partial charge is 0.226 e. The lowest BCUT2D eigenvalue weighted by Crippen LogP contribution is -2.55. The molecule has 0 radical (unpaired) electrons. The lowest BCUT2D eigenvalue weighted by molar-refractivity contribution is -0.146. The molecule has 0 saturated heterocycles. The van der Waals surface area contributed by atoms with Crippen LogP contribution >= 0.6 is 11.3 Å². The molecular weight excluding hydrogens is 278 g/mol. The molecule has 1 atom stereocenters. The maximum Gasteiger partial charge on any atom is 0.226 e. The third-order valence-electron chi connectivity index (χ3n) is 5.98. The lowest BCUT2D eigenvalue weighted by Gasteiger charge is -2.55. The minimum absolute atomic E-state index is 0.00153. The number of carbonyl (C=O) groups is 1.